The average Bonchev–Trinajstić information content (AvgIpc) is 3.15. The zero-order valence-electron chi connectivity index (χ0n) is 10.7. The van der Waals surface area contributed by atoms with Gasteiger partial charge in [0.2, 0.25) is 0 Å². The van der Waals surface area contributed by atoms with Gasteiger partial charge in [-0.05, 0) is 71.6 Å². The smallest absolute Gasteiger partial charge is 0.314 e. The fourth-order valence-electron chi connectivity index (χ4n) is 3.25. The van der Waals surface area contributed by atoms with Crippen LogP contribution in [0.2, 0.25) is 0 Å². The molecule has 0 radical (unpaired) electrons. The van der Waals surface area contributed by atoms with E-state index in [0.717, 1.165) is 31.2 Å². The van der Waals surface area contributed by atoms with Gasteiger partial charge in [-0.2, -0.15) is 0 Å². The third-order valence-corrected chi connectivity index (χ3v) is 5.07. The summed E-state index contributed by atoms with van der Waals surface area (Å²) in [5.74, 6) is -0.659. The molecule has 102 valence electrons. The second-order valence-electron chi connectivity index (χ2n) is 5.67. The summed E-state index contributed by atoms with van der Waals surface area (Å²) in [5, 5.41) is 19.9. The Morgan fingerprint density at radius 2 is 1.89 bits per heavy atom. The highest BCUT2D eigenvalue weighted by Gasteiger charge is 2.54. The van der Waals surface area contributed by atoms with Crippen LogP contribution in [0.25, 0.3) is 0 Å². The number of carboxylic acid groups (broad SMARTS) is 1. The minimum Gasteiger partial charge on any atom is -0.506 e. The predicted molar refractivity (Wildman–Crippen MR) is 75.6 cm³/mol. The molecular formula is C15H17BrO3. The summed E-state index contributed by atoms with van der Waals surface area (Å²) in [4.78, 5) is 11.6. The molecule has 3 rings (SSSR count). The number of phenols is 1. The average molecular weight is 325 g/mol. The van der Waals surface area contributed by atoms with Crippen LogP contribution >= 0.6 is 15.9 Å². The van der Waals surface area contributed by atoms with Crippen LogP contribution in [0.4, 0.5) is 0 Å². The van der Waals surface area contributed by atoms with E-state index in [-0.39, 0.29) is 5.75 Å². The molecule has 0 amide bonds. The van der Waals surface area contributed by atoms with E-state index in [1.165, 1.54) is 12.0 Å². The summed E-state index contributed by atoms with van der Waals surface area (Å²) in [6, 6.07) is 1.97. The van der Waals surface area contributed by atoms with Gasteiger partial charge in [-0.3, -0.25) is 4.79 Å². The van der Waals surface area contributed by atoms with Gasteiger partial charge in [0.05, 0.1) is 9.89 Å². The van der Waals surface area contributed by atoms with Crippen LogP contribution in [0, 0.1) is 0 Å². The Labute approximate surface area is 120 Å². The van der Waals surface area contributed by atoms with Crippen molar-refractivity contribution in [3.63, 3.8) is 0 Å². The van der Waals surface area contributed by atoms with Crippen molar-refractivity contribution >= 4 is 21.9 Å². The summed E-state index contributed by atoms with van der Waals surface area (Å²) < 4.78 is 0.635. The molecule has 1 saturated carbocycles. The Kier molecular flexibility index (Phi) is 3.08. The van der Waals surface area contributed by atoms with Crippen molar-refractivity contribution in [2.45, 2.75) is 50.4 Å². The van der Waals surface area contributed by atoms with Crippen LogP contribution in [0.3, 0.4) is 0 Å². The molecule has 0 aliphatic heterocycles. The molecule has 0 bridgehead atoms. The Morgan fingerprint density at radius 1 is 1.21 bits per heavy atom. The lowest BCUT2D eigenvalue weighted by Gasteiger charge is -2.20. The topological polar surface area (TPSA) is 57.5 Å². The van der Waals surface area contributed by atoms with Crippen LogP contribution in [0.5, 0.6) is 5.75 Å². The molecule has 2 aliphatic carbocycles. The van der Waals surface area contributed by atoms with Crippen molar-refractivity contribution in [2.75, 3.05) is 0 Å². The van der Waals surface area contributed by atoms with E-state index in [4.69, 9.17) is 0 Å². The van der Waals surface area contributed by atoms with E-state index in [2.05, 4.69) is 15.9 Å². The maximum absolute atomic E-state index is 11.6. The van der Waals surface area contributed by atoms with E-state index in [1.807, 2.05) is 6.07 Å². The van der Waals surface area contributed by atoms with Gasteiger partial charge >= 0.3 is 5.97 Å². The molecule has 0 spiro atoms. The summed E-state index contributed by atoms with van der Waals surface area (Å²) >= 11 is 3.38. The molecule has 3 nitrogen and oxygen atoms in total. The van der Waals surface area contributed by atoms with Gasteiger partial charge in [-0.15, -0.1) is 0 Å². The van der Waals surface area contributed by atoms with E-state index < -0.39 is 11.4 Å². The van der Waals surface area contributed by atoms with Crippen LogP contribution in [0.1, 0.15) is 48.8 Å². The SMILES string of the molecule is O=C(O)C1(c2c(O)c(Br)cc3c2CCCCC3)CC1. The number of aryl methyl sites for hydroxylation is 1. The number of fused-ring (bicyclic) bond motifs is 1. The molecule has 1 aromatic rings. The highest BCUT2D eigenvalue weighted by atomic mass is 79.9. The Morgan fingerprint density at radius 3 is 2.53 bits per heavy atom. The zero-order valence-corrected chi connectivity index (χ0v) is 12.3. The summed E-state index contributed by atoms with van der Waals surface area (Å²) in [6.07, 6.45) is 6.54. The maximum atomic E-state index is 11.6. The van der Waals surface area contributed by atoms with Crippen molar-refractivity contribution in [1.82, 2.24) is 0 Å². The number of benzene rings is 1. The molecule has 2 aliphatic rings. The van der Waals surface area contributed by atoms with Gasteiger partial charge in [-0.1, -0.05) is 6.42 Å². The first kappa shape index (κ1) is 13.0. The first-order valence-corrected chi connectivity index (χ1v) is 7.62. The normalized spacial score (nSPS) is 20.5. The van der Waals surface area contributed by atoms with E-state index >= 15 is 0 Å². The van der Waals surface area contributed by atoms with Crippen LogP contribution < -0.4 is 0 Å². The van der Waals surface area contributed by atoms with Crippen LogP contribution in [0.15, 0.2) is 10.5 Å². The van der Waals surface area contributed by atoms with Gasteiger partial charge < -0.3 is 10.2 Å². The third-order valence-electron chi connectivity index (χ3n) is 4.46. The lowest BCUT2D eigenvalue weighted by molar-refractivity contribution is -0.140. The molecule has 0 saturated heterocycles. The fourth-order valence-corrected chi connectivity index (χ4v) is 3.72. The minimum atomic E-state index is -0.831. The molecule has 0 unspecified atom stereocenters. The van der Waals surface area contributed by atoms with Crippen LogP contribution in [-0.4, -0.2) is 16.2 Å². The largest absolute Gasteiger partial charge is 0.506 e. The molecule has 0 aromatic heterocycles. The molecule has 0 atom stereocenters. The maximum Gasteiger partial charge on any atom is 0.314 e. The molecule has 19 heavy (non-hydrogen) atoms. The number of hydrogen-bond donors (Lipinski definition) is 2. The monoisotopic (exact) mass is 324 g/mol. The van der Waals surface area contributed by atoms with E-state index in [9.17, 15) is 15.0 Å². The molecule has 0 heterocycles. The van der Waals surface area contributed by atoms with Crippen molar-refractivity contribution < 1.29 is 15.0 Å². The van der Waals surface area contributed by atoms with Gasteiger partial charge in [-0.25, -0.2) is 0 Å². The third kappa shape index (κ3) is 1.97. The second kappa shape index (κ2) is 4.51. The van der Waals surface area contributed by atoms with Gasteiger partial charge in [0, 0.05) is 5.56 Å². The number of carbonyl (C=O) groups is 1. The van der Waals surface area contributed by atoms with Crippen molar-refractivity contribution in [2.24, 2.45) is 0 Å². The van der Waals surface area contributed by atoms with E-state index in [1.54, 1.807) is 0 Å². The number of halogens is 1. The molecule has 1 fully saturated rings. The lowest BCUT2D eigenvalue weighted by atomic mass is 9.86. The Balaban J connectivity index is 2.22. The lowest BCUT2D eigenvalue weighted by Crippen LogP contribution is -2.22. The van der Waals surface area contributed by atoms with Gasteiger partial charge in [0.1, 0.15) is 5.75 Å². The molecule has 1 aromatic carbocycles. The molecular weight excluding hydrogens is 308 g/mol. The minimum absolute atomic E-state index is 0.139. The Bertz CT molecular complexity index is 547. The number of aromatic hydroxyl groups is 1. The van der Waals surface area contributed by atoms with Gasteiger partial charge in [0.15, 0.2) is 0 Å². The number of rotatable bonds is 2. The summed E-state index contributed by atoms with van der Waals surface area (Å²) in [5.41, 5.74) is 2.16. The number of aliphatic carboxylic acids is 1. The zero-order chi connectivity index (χ0) is 13.6. The van der Waals surface area contributed by atoms with Crippen molar-refractivity contribution in [1.29, 1.82) is 0 Å². The highest BCUT2D eigenvalue weighted by molar-refractivity contribution is 9.10. The quantitative estimate of drug-likeness (QED) is 0.818. The van der Waals surface area contributed by atoms with Gasteiger partial charge in [0.25, 0.3) is 0 Å². The van der Waals surface area contributed by atoms with Crippen molar-refractivity contribution in [3.05, 3.63) is 27.2 Å². The Hall–Kier alpha value is -1.03. The summed E-state index contributed by atoms with van der Waals surface area (Å²) in [6.45, 7) is 0. The first-order valence-electron chi connectivity index (χ1n) is 6.83. The molecule has 2 N–H and O–H groups in total. The van der Waals surface area contributed by atoms with Crippen LogP contribution in [-0.2, 0) is 23.1 Å². The fraction of sp³-hybridized carbons (Fsp3) is 0.533. The molecule has 4 heteroatoms. The van der Waals surface area contributed by atoms with E-state index in [0.29, 0.717) is 22.9 Å². The number of hydrogen-bond acceptors (Lipinski definition) is 2. The standard InChI is InChI=1S/C15H17BrO3/c16-11-8-9-4-2-1-3-5-10(9)12(13(11)17)15(6-7-15)14(18)19/h8,17H,1-7H2,(H,18,19). The summed E-state index contributed by atoms with van der Waals surface area (Å²) in [7, 11) is 0. The second-order valence-corrected chi connectivity index (χ2v) is 6.52. The predicted octanol–water partition coefficient (Wildman–Crippen LogP) is 3.54. The number of carboxylic acids is 1. The number of phenolic OH excluding ortho intramolecular Hbond substituents is 1. The first-order chi connectivity index (χ1) is 9.06. The highest BCUT2D eigenvalue weighted by Crippen LogP contribution is 2.55. The van der Waals surface area contributed by atoms with Crippen molar-refractivity contribution in [3.8, 4) is 5.75 Å².